The molecule has 144 valence electrons. The Morgan fingerprint density at radius 2 is 1.92 bits per heavy atom. The fourth-order valence-corrected chi connectivity index (χ4v) is 3.80. The Kier molecular flexibility index (Phi) is 7.32. The zero-order chi connectivity index (χ0) is 18.2. The van der Waals surface area contributed by atoms with E-state index in [0.717, 1.165) is 76.4 Å². The van der Waals surface area contributed by atoms with Crippen molar-refractivity contribution < 1.29 is 14.3 Å². The second kappa shape index (κ2) is 9.93. The Morgan fingerprint density at radius 3 is 2.65 bits per heavy atom. The number of hydrogen-bond donors (Lipinski definition) is 0. The topological polar surface area (TPSA) is 42.0 Å². The lowest BCUT2D eigenvalue weighted by Gasteiger charge is -2.37. The Balaban J connectivity index is 1.58. The van der Waals surface area contributed by atoms with Gasteiger partial charge in [-0.05, 0) is 56.4 Å². The summed E-state index contributed by atoms with van der Waals surface area (Å²) in [7, 11) is 0. The number of nitrogens with zero attached hydrogens (tertiary/aromatic N) is 2. The van der Waals surface area contributed by atoms with Crippen molar-refractivity contribution in [1.82, 2.24) is 9.80 Å². The summed E-state index contributed by atoms with van der Waals surface area (Å²) in [5.74, 6) is 1.00. The fraction of sp³-hybridized carbons (Fsp3) is 0.667. The van der Waals surface area contributed by atoms with Gasteiger partial charge in [0.05, 0.1) is 19.8 Å². The number of carbonyl (C=O) groups is 1. The number of amides is 1. The van der Waals surface area contributed by atoms with Gasteiger partial charge in [-0.1, -0.05) is 6.92 Å². The van der Waals surface area contributed by atoms with Gasteiger partial charge in [0.1, 0.15) is 5.75 Å². The van der Waals surface area contributed by atoms with E-state index in [4.69, 9.17) is 9.47 Å². The van der Waals surface area contributed by atoms with Crippen molar-refractivity contribution >= 4 is 5.91 Å². The molecule has 0 bridgehead atoms. The van der Waals surface area contributed by atoms with Crippen molar-refractivity contribution in [3.05, 3.63) is 29.8 Å². The minimum absolute atomic E-state index is 0.165. The second-order valence-corrected chi connectivity index (χ2v) is 7.26. The smallest absolute Gasteiger partial charge is 0.254 e. The zero-order valence-electron chi connectivity index (χ0n) is 16.0. The summed E-state index contributed by atoms with van der Waals surface area (Å²) >= 11 is 0. The lowest BCUT2D eigenvalue weighted by molar-refractivity contribution is 0.0295. The van der Waals surface area contributed by atoms with Gasteiger partial charge in [0.25, 0.3) is 5.91 Å². The number of carbonyl (C=O) groups excluding carboxylic acids is 1. The highest BCUT2D eigenvalue weighted by Crippen LogP contribution is 2.23. The van der Waals surface area contributed by atoms with Gasteiger partial charge < -0.3 is 14.4 Å². The van der Waals surface area contributed by atoms with E-state index in [1.165, 1.54) is 6.42 Å². The van der Waals surface area contributed by atoms with E-state index in [1.807, 2.05) is 24.3 Å². The summed E-state index contributed by atoms with van der Waals surface area (Å²) in [5, 5.41) is 0. The normalized spacial score (nSPS) is 21.6. The Bertz CT molecular complexity index is 555. The Labute approximate surface area is 157 Å². The first-order chi connectivity index (χ1) is 12.8. The number of likely N-dealkylation sites (tertiary alicyclic amines) is 1. The van der Waals surface area contributed by atoms with Crippen LogP contribution in [0.4, 0.5) is 0 Å². The molecule has 0 aromatic heterocycles. The predicted octanol–water partition coefficient (Wildman–Crippen LogP) is 3.19. The number of piperidine rings is 1. The van der Waals surface area contributed by atoms with E-state index in [-0.39, 0.29) is 5.91 Å². The summed E-state index contributed by atoms with van der Waals surface area (Å²) in [6.07, 6.45) is 5.50. The molecule has 2 aliphatic heterocycles. The molecular weight excluding hydrogens is 328 g/mol. The molecule has 1 aromatic rings. The highest BCUT2D eigenvalue weighted by molar-refractivity contribution is 5.94. The number of benzene rings is 1. The number of rotatable bonds is 7. The van der Waals surface area contributed by atoms with Crippen LogP contribution in [-0.2, 0) is 4.74 Å². The monoisotopic (exact) mass is 360 g/mol. The summed E-state index contributed by atoms with van der Waals surface area (Å²) in [6.45, 7) is 8.43. The first-order valence-electron chi connectivity index (χ1n) is 10.1. The molecule has 1 amide bonds. The fourth-order valence-electron chi connectivity index (χ4n) is 3.80. The largest absolute Gasteiger partial charge is 0.494 e. The molecule has 0 saturated carbocycles. The standard InChI is InChI=1S/C21H32N2O3/c1-2-15-26-20-8-6-18(7-9-20)21(24)23-11-4-3-5-19(23)10-12-22-13-16-25-17-14-22/h6-9,19H,2-5,10-17H2,1H3/t19-/m0/s1. The van der Waals surface area contributed by atoms with Gasteiger partial charge in [0.15, 0.2) is 0 Å². The highest BCUT2D eigenvalue weighted by Gasteiger charge is 2.28. The van der Waals surface area contributed by atoms with Crippen molar-refractivity contribution in [2.24, 2.45) is 0 Å². The number of ether oxygens (including phenoxy) is 2. The van der Waals surface area contributed by atoms with Gasteiger partial charge >= 0.3 is 0 Å². The van der Waals surface area contributed by atoms with Crippen molar-refractivity contribution in [1.29, 1.82) is 0 Å². The minimum Gasteiger partial charge on any atom is -0.494 e. The van der Waals surface area contributed by atoms with Crippen LogP contribution in [0.2, 0.25) is 0 Å². The van der Waals surface area contributed by atoms with E-state index in [1.54, 1.807) is 0 Å². The molecule has 3 rings (SSSR count). The lowest BCUT2D eigenvalue weighted by atomic mass is 9.97. The maximum Gasteiger partial charge on any atom is 0.254 e. The second-order valence-electron chi connectivity index (χ2n) is 7.26. The zero-order valence-corrected chi connectivity index (χ0v) is 16.0. The first-order valence-corrected chi connectivity index (χ1v) is 10.1. The SMILES string of the molecule is CCCOc1ccc(C(=O)N2CCCC[C@H]2CCN2CCOCC2)cc1. The summed E-state index contributed by atoms with van der Waals surface area (Å²) in [5.41, 5.74) is 0.770. The maximum atomic E-state index is 13.0. The number of morpholine rings is 1. The molecule has 5 heteroatoms. The van der Waals surface area contributed by atoms with Gasteiger partial charge in [-0.2, -0.15) is 0 Å². The molecule has 2 heterocycles. The molecule has 2 aliphatic rings. The summed E-state index contributed by atoms with van der Waals surface area (Å²) < 4.78 is 11.0. The van der Waals surface area contributed by atoms with Gasteiger partial charge in [0, 0.05) is 37.8 Å². The van der Waals surface area contributed by atoms with Crippen LogP contribution in [0.3, 0.4) is 0 Å². The quantitative estimate of drug-likeness (QED) is 0.749. The van der Waals surface area contributed by atoms with Crippen LogP contribution in [0, 0.1) is 0 Å². The van der Waals surface area contributed by atoms with Crippen molar-refractivity contribution in [3.8, 4) is 5.75 Å². The molecule has 0 aliphatic carbocycles. The highest BCUT2D eigenvalue weighted by atomic mass is 16.5. The minimum atomic E-state index is 0.165. The predicted molar refractivity (Wildman–Crippen MR) is 103 cm³/mol. The third kappa shape index (κ3) is 5.21. The third-order valence-corrected chi connectivity index (χ3v) is 5.34. The van der Waals surface area contributed by atoms with E-state index in [2.05, 4.69) is 16.7 Å². The molecule has 1 atom stereocenters. The molecule has 5 nitrogen and oxygen atoms in total. The summed E-state index contributed by atoms with van der Waals surface area (Å²) in [6, 6.07) is 7.99. The molecule has 0 radical (unpaired) electrons. The average Bonchev–Trinajstić information content (AvgIpc) is 2.71. The van der Waals surface area contributed by atoms with Crippen LogP contribution in [0.5, 0.6) is 5.75 Å². The van der Waals surface area contributed by atoms with E-state index in [9.17, 15) is 4.79 Å². The first kappa shape index (κ1) is 19.2. The molecule has 0 N–H and O–H groups in total. The van der Waals surface area contributed by atoms with Crippen LogP contribution < -0.4 is 4.74 Å². The Morgan fingerprint density at radius 1 is 1.15 bits per heavy atom. The van der Waals surface area contributed by atoms with Crippen molar-refractivity contribution in [2.75, 3.05) is 46.0 Å². The van der Waals surface area contributed by atoms with Crippen molar-refractivity contribution in [2.45, 2.75) is 45.1 Å². The molecule has 1 aromatic carbocycles. The van der Waals surface area contributed by atoms with E-state index in [0.29, 0.717) is 12.6 Å². The van der Waals surface area contributed by atoms with Crippen LogP contribution >= 0.6 is 0 Å². The van der Waals surface area contributed by atoms with Gasteiger partial charge in [-0.3, -0.25) is 9.69 Å². The van der Waals surface area contributed by atoms with Gasteiger partial charge in [-0.25, -0.2) is 0 Å². The average molecular weight is 360 g/mol. The van der Waals surface area contributed by atoms with E-state index >= 15 is 0 Å². The van der Waals surface area contributed by atoms with Gasteiger partial charge in [0.2, 0.25) is 0 Å². The lowest BCUT2D eigenvalue weighted by Crippen LogP contribution is -2.46. The molecule has 26 heavy (non-hydrogen) atoms. The third-order valence-electron chi connectivity index (χ3n) is 5.34. The number of hydrogen-bond acceptors (Lipinski definition) is 4. The van der Waals surface area contributed by atoms with Crippen molar-refractivity contribution in [3.63, 3.8) is 0 Å². The van der Waals surface area contributed by atoms with Crippen LogP contribution in [0.15, 0.2) is 24.3 Å². The summed E-state index contributed by atoms with van der Waals surface area (Å²) in [4.78, 5) is 17.6. The Hall–Kier alpha value is -1.59. The van der Waals surface area contributed by atoms with Crippen LogP contribution in [-0.4, -0.2) is 67.7 Å². The maximum absolute atomic E-state index is 13.0. The molecule has 2 saturated heterocycles. The molecule has 0 spiro atoms. The van der Waals surface area contributed by atoms with Crippen LogP contribution in [0.1, 0.15) is 49.4 Å². The van der Waals surface area contributed by atoms with Gasteiger partial charge in [-0.15, -0.1) is 0 Å². The van der Waals surface area contributed by atoms with Crippen LogP contribution in [0.25, 0.3) is 0 Å². The molecular formula is C21H32N2O3. The van der Waals surface area contributed by atoms with E-state index < -0.39 is 0 Å². The molecule has 0 unspecified atom stereocenters. The molecule has 2 fully saturated rings.